The number of aliphatic hydroxyl groups excluding tert-OH is 1. The van der Waals surface area contributed by atoms with Crippen molar-refractivity contribution in [3.63, 3.8) is 0 Å². The van der Waals surface area contributed by atoms with E-state index in [2.05, 4.69) is 33.9 Å². The summed E-state index contributed by atoms with van der Waals surface area (Å²) in [6.07, 6.45) is 3.36. The number of hydrogen-bond acceptors (Lipinski definition) is 5. The van der Waals surface area contributed by atoms with Crippen molar-refractivity contribution < 1.29 is 10.8 Å². The van der Waals surface area contributed by atoms with Gasteiger partial charge in [-0.15, -0.1) is 0 Å². The summed E-state index contributed by atoms with van der Waals surface area (Å²) in [4.78, 5) is 11.4. The second kappa shape index (κ2) is 7.03. The first kappa shape index (κ1) is 17.0. The molecule has 3 aromatic rings. The second-order valence-corrected chi connectivity index (χ2v) is 7.55. The minimum atomic E-state index is -0.209. The van der Waals surface area contributed by atoms with Crippen molar-refractivity contribution in [3.05, 3.63) is 36.5 Å². The summed E-state index contributed by atoms with van der Waals surface area (Å²) in [5.74, 6) is 1.83. The normalized spacial score (nSPS) is 20.8. The Morgan fingerprint density at radius 3 is 3.04 bits per heavy atom. The highest BCUT2D eigenvalue weighted by Crippen LogP contribution is 2.29. The molecule has 26 heavy (non-hydrogen) atoms. The smallest absolute Gasteiger partial charge is 0.181 e. The van der Waals surface area contributed by atoms with Crippen LogP contribution in [0.25, 0.3) is 22.4 Å². The molecule has 2 N–H and O–H groups in total. The van der Waals surface area contributed by atoms with Gasteiger partial charge in [0.15, 0.2) is 5.65 Å². The van der Waals surface area contributed by atoms with Crippen molar-refractivity contribution in [3.8, 4) is 11.4 Å². The number of aromatic amines is 1. The van der Waals surface area contributed by atoms with Crippen LogP contribution in [0, 0.1) is 11.8 Å². The molecule has 4 heterocycles. The van der Waals surface area contributed by atoms with Crippen LogP contribution >= 0.6 is 0 Å². The Balaban J connectivity index is 0.00000210. The zero-order valence-electron chi connectivity index (χ0n) is 15.3. The van der Waals surface area contributed by atoms with E-state index in [0.29, 0.717) is 17.5 Å². The van der Waals surface area contributed by atoms with Gasteiger partial charge in [0, 0.05) is 36.3 Å². The molecular formula is C20H33N5O. The largest absolute Gasteiger partial charge is 0.393 e. The standard InChI is InChI=1S/C20H25N5O.4H2/c1-13(2)11-14-12-25(10-8-17(14)26)18-7-3-6-16(22-18)19-15-5-4-9-21-20(15)24-23-19;;;;/h3-7,9,13-14,17,26H,8,10-12H2,1-2H3,(H,21,23,24);4*1H/t14-,17+;;;;/m1..../s1. The maximum Gasteiger partial charge on any atom is 0.181 e. The Kier molecular flexibility index (Phi) is 4.59. The van der Waals surface area contributed by atoms with E-state index in [9.17, 15) is 5.11 Å². The number of pyridine rings is 2. The van der Waals surface area contributed by atoms with E-state index < -0.39 is 0 Å². The molecule has 1 saturated heterocycles. The van der Waals surface area contributed by atoms with Gasteiger partial charge in [-0.1, -0.05) is 19.9 Å². The van der Waals surface area contributed by atoms with Gasteiger partial charge >= 0.3 is 0 Å². The number of piperidine rings is 1. The van der Waals surface area contributed by atoms with Crippen molar-refractivity contribution in [1.82, 2.24) is 20.2 Å². The molecule has 2 atom stereocenters. The predicted octanol–water partition coefficient (Wildman–Crippen LogP) is 4.24. The van der Waals surface area contributed by atoms with Crippen LogP contribution in [0.2, 0.25) is 0 Å². The zero-order chi connectivity index (χ0) is 18.1. The predicted molar refractivity (Wildman–Crippen MR) is 111 cm³/mol. The fourth-order valence-corrected chi connectivity index (χ4v) is 3.85. The Hall–Kier alpha value is -2.47. The van der Waals surface area contributed by atoms with Gasteiger partial charge in [-0.05, 0) is 43.0 Å². The fourth-order valence-electron chi connectivity index (χ4n) is 3.85. The maximum absolute atomic E-state index is 10.3. The second-order valence-electron chi connectivity index (χ2n) is 7.55. The first-order valence-electron chi connectivity index (χ1n) is 9.31. The molecule has 0 bridgehead atoms. The van der Waals surface area contributed by atoms with Crippen molar-refractivity contribution in [2.24, 2.45) is 11.8 Å². The summed E-state index contributed by atoms with van der Waals surface area (Å²) < 4.78 is 0. The molecule has 6 nitrogen and oxygen atoms in total. The molecule has 0 saturated carbocycles. The third-order valence-electron chi connectivity index (χ3n) is 5.11. The van der Waals surface area contributed by atoms with Gasteiger partial charge < -0.3 is 10.0 Å². The number of aromatic nitrogens is 4. The molecule has 0 aliphatic carbocycles. The number of rotatable bonds is 4. The Morgan fingerprint density at radius 2 is 2.19 bits per heavy atom. The zero-order valence-corrected chi connectivity index (χ0v) is 15.3. The minimum Gasteiger partial charge on any atom is -0.393 e. The fraction of sp³-hybridized carbons (Fsp3) is 0.450. The summed E-state index contributed by atoms with van der Waals surface area (Å²) in [7, 11) is 0. The van der Waals surface area contributed by atoms with Gasteiger partial charge in [0.25, 0.3) is 0 Å². The molecule has 3 aromatic heterocycles. The van der Waals surface area contributed by atoms with Crippen molar-refractivity contribution in [2.75, 3.05) is 18.0 Å². The molecule has 1 fully saturated rings. The average molecular weight is 360 g/mol. The van der Waals surface area contributed by atoms with Crippen LogP contribution in [0.1, 0.15) is 32.4 Å². The van der Waals surface area contributed by atoms with E-state index in [4.69, 9.17) is 4.98 Å². The highest BCUT2D eigenvalue weighted by atomic mass is 16.3. The monoisotopic (exact) mass is 359 g/mol. The number of aliphatic hydroxyl groups is 1. The number of H-pyrrole nitrogens is 1. The number of nitrogens with zero attached hydrogens (tertiary/aromatic N) is 4. The van der Waals surface area contributed by atoms with Gasteiger partial charge in [-0.2, -0.15) is 5.10 Å². The summed E-state index contributed by atoms with van der Waals surface area (Å²) in [5.41, 5.74) is 2.46. The van der Waals surface area contributed by atoms with Crippen molar-refractivity contribution >= 4 is 16.9 Å². The lowest BCUT2D eigenvalue weighted by Gasteiger charge is -2.37. The van der Waals surface area contributed by atoms with E-state index in [1.54, 1.807) is 6.20 Å². The molecule has 0 radical (unpaired) electrons. The Morgan fingerprint density at radius 1 is 1.31 bits per heavy atom. The topological polar surface area (TPSA) is 77.9 Å². The highest BCUT2D eigenvalue weighted by molar-refractivity contribution is 5.89. The maximum atomic E-state index is 10.3. The van der Waals surface area contributed by atoms with Gasteiger partial charge in [-0.25, -0.2) is 9.97 Å². The van der Waals surface area contributed by atoms with Crippen LogP contribution in [0.15, 0.2) is 36.5 Å². The summed E-state index contributed by atoms with van der Waals surface area (Å²) in [6, 6.07) is 9.99. The Labute approximate surface area is 159 Å². The van der Waals surface area contributed by atoms with Crippen LogP contribution in [0.3, 0.4) is 0 Å². The summed E-state index contributed by atoms with van der Waals surface area (Å²) in [6.45, 7) is 6.10. The number of fused-ring (bicyclic) bond motifs is 1. The molecular weight excluding hydrogens is 326 g/mol. The first-order chi connectivity index (χ1) is 12.6. The van der Waals surface area contributed by atoms with E-state index in [1.807, 2.05) is 30.3 Å². The van der Waals surface area contributed by atoms with Gasteiger partial charge in [0.05, 0.1) is 17.5 Å². The van der Waals surface area contributed by atoms with E-state index in [0.717, 1.165) is 48.5 Å². The van der Waals surface area contributed by atoms with E-state index >= 15 is 0 Å². The molecule has 0 aromatic carbocycles. The number of anilines is 1. The SMILES string of the molecule is CC(C)C[C@@H]1CN(c2cccc(-c3[nH]nc4ncccc34)n2)CC[C@@H]1O.[HH].[HH].[HH].[HH]. The Bertz CT molecular complexity index is 908. The van der Waals surface area contributed by atoms with Crippen LogP contribution in [0.5, 0.6) is 0 Å². The van der Waals surface area contributed by atoms with Crippen LogP contribution < -0.4 is 4.90 Å². The summed E-state index contributed by atoms with van der Waals surface area (Å²) in [5, 5.41) is 18.7. The highest BCUT2D eigenvalue weighted by Gasteiger charge is 2.29. The molecule has 4 rings (SSSR count). The lowest BCUT2D eigenvalue weighted by molar-refractivity contribution is 0.0764. The van der Waals surface area contributed by atoms with Crippen molar-refractivity contribution in [1.29, 1.82) is 0 Å². The lowest BCUT2D eigenvalue weighted by atomic mass is 9.87. The van der Waals surface area contributed by atoms with E-state index in [1.165, 1.54) is 0 Å². The molecule has 0 spiro atoms. The van der Waals surface area contributed by atoms with Crippen LogP contribution in [0.4, 0.5) is 5.82 Å². The summed E-state index contributed by atoms with van der Waals surface area (Å²) >= 11 is 0. The quantitative estimate of drug-likeness (QED) is 0.728. The average Bonchev–Trinajstić information content (AvgIpc) is 3.07. The third-order valence-corrected chi connectivity index (χ3v) is 5.11. The van der Waals surface area contributed by atoms with E-state index in [-0.39, 0.29) is 11.8 Å². The molecule has 0 unspecified atom stereocenters. The molecule has 6 heteroatoms. The van der Waals surface area contributed by atoms with Gasteiger partial charge in [0.2, 0.25) is 0 Å². The number of hydrogen-bond donors (Lipinski definition) is 2. The number of nitrogens with one attached hydrogen (secondary N) is 1. The van der Waals surface area contributed by atoms with Crippen molar-refractivity contribution in [2.45, 2.75) is 32.8 Å². The lowest BCUT2D eigenvalue weighted by Crippen LogP contribution is -2.44. The van der Waals surface area contributed by atoms with Crippen LogP contribution in [-0.4, -0.2) is 44.5 Å². The molecule has 0 amide bonds. The van der Waals surface area contributed by atoms with Crippen LogP contribution in [-0.2, 0) is 0 Å². The molecule has 1 aliphatic rings. The third kappa shape index (κ3) is 3.29. The van der Waals surface area contributed by atoms with Gasteiger partial charge in [0.1, 0.15) is 5.82 Å². The van der Waals surface area contributed by atoms with Gasteiger partial charge in [-0.3, -0.25) is 5.10 Å². The molecule has 144 valence electrons. The first-order valence-corrected chi connectivity index (χ1v) is 9.31. The minimum absolute atomic E-state index is 0. The molecule has 1 aliphatic heterocycles.